The second-order valence-corrected chi connectivity index (χ2v) is 5.45. The zero-order valence-electron chi connectivity index (χ0n) is 12.9. The molecule has 0 atom stereocenters. The molecule has 0 radical (unpaired) electrons. The van der Waals surface area contributed by atoms with E-state index in [4.69, 9.17) is 4.74 Å². The van der Waals surface area contributed by atoms with Gasteiger partial charge in [-0.3, -0.25) is 4.79 Å². The first-order valence-corrected chi connectivity index (χ1v) is 7.94. The van der Waals surface area contributed by atoms with E-state index in [1.54, 1.807) is 0 Å². The van der Waals surface area contributed by atoms with Gasteiger partial charge in [-0.05, 0) is 37.3 Å². The van der Waals surface area contributed by atoms with E-state index >= 15 is 0 Å². The van der Waals surface area contributed by atoms with Gasteiger partial charge in [-0.25, -0.2) is 0 Å². The summed E-state index contributed by atoms with van der Waals surface area (Å²) in [6, 6.07) is 8.22. The fourth-order valence-corrected chi connectivity index (χ4v) is 2.64. The van der Waals surface area contributed by atoms with Gasteiger partial charge in [0, 0.05) is 26.2 Å². The summed E-state index contributed by atoms with van der Waals surface area (Å²) in [5, 5.41) is 3.27. The molecule has 0 aromatic heterocycles. The first-order chi connectivity index (χ1) is 10.3. The van der Waals surface area contributed by atoms with E-state index in [0.717, 1.165) is 32.5 Å². The largest absolute Gasteiger partial charge is 0.377 e. The van der Waals surface area contributed by atoms with Gasteiger partial charge in [0.2, 0.25) is 5.91 Å². The Morgan fingerprint density at radius 2 is 1.90 bits per heavy atom. The molecule has 0 aliphatic carbocycles. The number of benzene rings is 1. The van der Waals surface area contributed by atoms with Crippen LogP contribution >= 0.6 is 0 Å². The summed E-state index contributed by atoms with van der Waals surface area (Å²) < 4.78 is 5.48. The van der Waals surface area contributed by atoms with Gasteiger partial charge < -0.3 is 15.0 Å². The zero-order chi connectivity index (χ0) is 14.9. The van der Waals surface area contributed by atoms with Gasteiger partial charge in [0.1, 0.15) is 0 Å². The van der Waals surface area contributed by atoms with Crippen LogP contribution in [-0.4, -0.2) is 37.0 Å². The fourth-order valence-electron chi connectivity index (χ4n) is 2.64. The van der Waals surface area contributed by atoms with Gasteiger partial charge >= 0.3 is 0 Å². The summed E-state index contributed by atoms with van der Waals surface area (Å²) in [7, 11) is 0. The number of piperidine rings is 1. The summed E-state index contributed by atoms with van der Waals surface area (Å²) in [5.41, 5.74) is 2.40. The Morgan fingerprint density at radius 1 is 1.19 bits per heavy atom. The molecule has 0 saturated carbocycles. The van der Waals surface area contributed by atoms with E-state index in [1.165, 1.54) is 17.5 Å². The number of ether oxygens (including phenoxy) is 1. The molecule has 0 bridgehead atoms. The average molecular weight is 290 g/mol. The number of likely N-dealkylation sites (tertiary alicyclic amines) is 1. The normalized spacial score (nSPS) is 15.2. The summed E-state index contributed by atoms with van der Waals surface area (Å²) in [6.45, 7) is 6.32. The number of carbonyl (C=O) groups excluding carboxylic acids is 1. The Bertz CT molecular complexity index is 442. The van der Waals surface area contributed by atoms with Gasteiger partial charge in [-0.2, -0.15) is 0 Å². The topological polar surface area (TPSA) is 41.6 Å². The van der Waals surface area contributed by atoms with Crippen LogP contribution in [0.25, 0.3) is 0 Å². The van der Waals surface area contributed by atoms with Crippen molar-refractivity contribution in [3.63, 3.8) is 0 Å². The maximum absolute atomic E-state index is 12.1. The Balaban J connectivity index is 1.78. The van der Waals surface area contributed by atoms with Crippen LogP contribution in [0.1, 0.15) is 37.3 Å². The molecule has 4 nitrogen and oxygen atoms in total. The second kappa shape index (κ2) is 8.80. The van der Waals surface area contributed by atoms with Crippen molar-refractivity contribution in [3.8, 4) is 0 Å². The van der Waals surface area contributed by atoms with Gasteiger partial charge in [0.15, 0.2) is 0 Å². The minimum Gasteiger partial charge on any atom is -0.377 e. The number of hydrogen-bond donors (Lipinski definition) is 1. The summed E-state index contributed by atoms with van der Waals surface area (Å²) in [5.74, 6) is 0.219. The molecule has 1 heterocycles. The van der Waals surface area contributed by atoms with E-state index in [9.17, 15) is 4.79 Å². The number of amides is 1. The Labute approximate surface area is 127 Å². The van der Waals surface area contributed by atoms with Crippen molar-refractivity contribution in [2.45, 2.75) is 39.3 Å². The maximum atomic E-state index is 12.1. The predicted octanol–water partition coefficient (Wildman–Crippen LogP) is 2.33. The molecule has 2 rings (SSSR count). The number of nitrogens with one attached hydrogen (secondary N) is 1. The van der Waals surface area contributed by atoms with Crippen molar-refractivity contribution in [2.24, 2.45) is 0 Å². The lowest BCUT2D eigenvalue weighted by atomic mass is 10.1. The van der Waals surface area contributed by atoms with E-state index in [1.807, 2.05) is 24.0 Å². The van der Waals surface area contributed by atoms with E-state index in [2.05, 4.69) is 17.4 Å². The van der Waals surface area contributed by atoms with Crippen LogP contribution in [0.2, 0.25) is 0 Å². The monoisotopic (exact) mass is 290 g/mol. The summed E-state index contributed by atoms with van der Waals surface area (Å²) in [4.78, 5) is 14.1. The van der Waals surface area contributed by atoms with Gasteiger partial charge in [0.25, 0.3) is 0 Å². The van der Waals surface area contributed by atoms with E-state index in [-0.39, 0.29) is 5.91 Å². The van der Waals surface area contributed by atoms with Gasteiger partial charge in [-0.1, -0.05) is 24.3 Å². The lowest BCUT2D eigenvalue weighted by Crippen LogP contribution is -2.41. The van der Waals surface area contributed by atoms with E-state index < -0.39 is 0 Å². The van der Waals surface area contributed by atoms with Crippen LogP contribution in [0, 0.1) is 0 Å². The molecule has 0 unspecified atom stereocenters. The summed E-state index contributed by atoms with van der Waals surface area (Å²) in [6.07, 6.45) is 3.54. The number of carbonyl (C=O) groups is 1. The fraction of sp³-hybridized carbons (Fsp3) is 0.588. The van der Waals surface area contributed by atoms with Crippen LogP contribution in [0.3, 0.4) is 0 Å². The highest BCUT2D eigenvalue weighted by molar-refractivity contribution is 5.78. The smallest absolute Gasteiger partial charge is 0.236 e. The molecule has 116 valence electrons. The number of nitrogens with zero attached hydrogens (tertiary/aromatic N) is 1. The second-order valence-electron chi connectivity index (χ2n) is 5.45. The quantitative estimate of drug-likeness (QED) is 0.838. The van der Waals surface area contributed by atoms with Crippen molar-refractivity contribution in [1.29, 1.82) is 0 Å². The van der Waals surface area contributed by atoms with E-state index in [0.29, 0.717) is 19.7 Å². The van der Waals surface area contributed by atoms with Crippen molar-refractivity contribution in [3.05, 3.63) is 35.4 Å². The van der Waals surface area contributed by atoms with Gasteiger partial charge in [-0.15, -0.1) is 0 Å². The molecule has 1 aliphatic heterocycles. The third-order valence-corrected chi connectivity index (χ3v) is 3.88. The standard InChI is InChI=1S/C17H26N2O2/c1-2-21-14-16-9-5-4-8-15(16)12-18-13-17(20)19-10-6-3-7-11-19/h4-5,8-9,18H,2-3,6-7,10-14H2,1H3. The number of hydrogen-bond acceptors (Lipinski definition) is 3. The maximum Gasteiger partial charge on any atom is 0.236 e. The van der Waals surface area contributed by atoms with Crippen molar-refractivity contribution in [2.75, 3.05) is 26.2 Å². The van der Waals surface area contributed by atoms with Crippen LogP contribution in [0.4, 0.5) is 0 Å². The van der Waals surface area contributed by atoms with Crippen molar-refractivity contribution < 1.29 is 9.53 Å². The Kier molecular flexibility index (Phi) is 6.70. The molecule has 1 N–H and O–H groups in total. The Morgan fingerprint density at radius 3 is 2.62 bits per heavy atom. The summed E-state index contributed by atoms with van der Waals surface area (Å²) >= 11 is 0. The zero-order valence-corrected chi connectivity index (χ0v) is 12.9. The molecular formula is C17H26N2O2. The molecule has 0 spiro atoms. The third kappa shape index (κ3) is 5.14. The minimum atomic E-state index is 0.219. The van der Waals surface area contributed by atoms with Crippen LogP contribution < -0.4 is 5.32 Å². The number of rotatable bonds is 7. The van der Waals surface area contributed by atoms with Crippen LogP contribution in [0.15, 0.2) is 24.3 Å². The molecular weight excluding hydrogens is 264 g/mol. The van der Waals surface area contributed by atoms with Gasteiger partial charge in [0.05, 0.1) is 13.2 Å². The molecule has 1 fully saturated rings. The first-order valence-electron chi connectivity index (χ1n) is 7.94. The van der Waals surface area contributed by atoms with Crippen LogP contribution in [-0.2, 0) is 22.7 Å². The molecule has 1 amide bonds. The molecule has 21 heavy (non-hydrogen) atoms. The molecule has 1 saturated heterocycles. The average Bonchev–Trinajstić information content (AvgIpc) is 2.54. The van der Waals surface area contributed by atoms with Crippen LogP contribution in [0.5, 0.6) is 0 Å². The SMILES string of the molecule is CCOCc1ccccc1CNCC(=O)N1CCCCC1. The highest BCUT2D eigenvalue weighted by Gasteiger charge is 2.15. The predicted molar refractivity (Wildman–Crippen MR) is 83.9 cm³/mol. The minimum absolute atomic E-state index is 0.219. The highest BCUT2D eigenvalue weighted by Crippen LogP contribution is 2.11. The first kappa shape index (κ1) is 16.0. The molecule has 1 aromatic carbocycles. The molecule has 1 aliphatic rings. The van der Waals surface area contributed by atoms with Crippen molar-refractivity contribution in [1.82, 2.24) is 10.2 Å². The molecule has 1 aromatic rings. The highest BCUT2D eigenvalue weighted by atomic mass is 16.5. The van der Waals surface area contributed by atoms with Crippen molar-refractivity contribution >= 4 is 5.91 Å². The molecule has 4 heteroatoms. The third-order valence-electron chi connectivity index (χ3n) is 3.88. The Hall–Kier alpha value is -1.39. The lowest BCUT2D eigenvalue weighted by molar-refractivity contribution is -0.131. The lowest BCUT2D eigenvalue weighted by Gasteiger charge is -2.26.